The number of anilines is 1. The van der Waals surface area contributed by atoms with E-state index >= 15 is 0 Å². The molecule has 21 heavy (non-hydrogen) atoms. The molecule has 1 amide bonds. The first-order valence-corrected chi connectivity index (χ1v) is 7.74. The lowest BCUT2D eigenvalue weighted by atomic mass is 9.82. The summed E-state index contributed by atoms with van der Waals surface area (Å²) in [6.45, 7) is 4.05. The van der Waals surface area contributed by atoms with Gasteiger partial charge in [0.2, 0.25) is 5.91 Å². The van der Waals surface area contributed by atoms with Gasteiger partial charge in [-0.2, -0.15) is 0 Å². The van der Waals surface area contributed by atoms with Crippen molar-refractivity contribution in [3.05, 3.63) is 29.3 Å². The number of nitrogens with one attached hydrogen (secondary N) is 1. The second-order valence-electron chi connectivity index (χ2n) is 6.77. The van der Waals surface area contributed by atoms with Crippen LogP contribution in [0.4, 0.5) is 5.69 Å². The van der Waals surface area contributed by atoms with Crippen molar-refractivity contribution in [3.8, 4) is 0 Å². The van der Waals surface area contributed by atoms with Crippen LogP contribution in [0.2, 0.25) is 5.02 Å². The molecule has 2 aliphatic rings. The minimum atomic E-state index is -0.380. The fraction of sp³-hybridized carbons (Fsp3) is 0.562. The summed E-state index contributed by atoms with van der Waals surface area (Å²) in [6.07, 6.45) is 2.12. The van der Waals surface area contributed by atoms with Gasteiger partial charge in [-0.25, -0.2) is 5.90 Å². The van der Waals surface area contributed by atoms with Crippen molar-refractivity contribution in [3.63, 3.8) is 0 Å². The van der Waals surface area contributed by atoms with Crippen LogP contribution in [-0.4, -0.2) is 12.0 Å². The molecule has 5 heteroatoms. The second kappa shape index (κ2) is 5.27. The Kier molecular flexibility index (Phi) is 3.72. The van der Waals surface area contributed by atoms with Crippen LogP contribution in [0.5, 0.6) is 0 Å². The third kappa shape index (κ3) is 2.68. The Hall–Kier alpha value is -1.10. The Morgan fingerprint density at radius 1 is 1.29 bits per heavy atom. The number of carbonyl (C=O) groups is 1. The summed E-state index contributed by atoms with van der Waals surface area (Å²) in [5.41, 5.74) is 0.403. The topological polar surface area (TPSA) is 64.3 Å². The van der Waals surface area contributed by atoms with Crippen LogP contribution in [0.3, 0.4) is 0 Å². The van der Waals surface area contributed by atoms with Gasteiger partial charge in [0, 0.05) is 16.1 Å². The molecule has 0 heterocycles. The molecular formula is C16H21ClN2O2. The van der Waals surface area contributed by atoms with Crippen molar-refractivity contribution in [1.29, 1.82) is 0 Å². The fourth-order valence-electron chi connectivity index (χ4n) is 3.95. The number of benzene rings is 1. The Morgan fingerprint density at radius 3 is 2.38 bits per heavy atom. The SMILES string of the molecule is CC(C)(C(=O)Nc1ccc(Cl)cc1)C1[C@H]2CC(ON)C[C@@H]12. The van der Waals surface area contributed by atoms with E-state index in [4.69, 9.17) is 22.3 Å². The largest absolute Gasteiger partial charge is 0.326 e. The molecule has 0 aliphatic heterocycles. The van der Waals surface area contributed by atoms with Crippen LogP contribution < -0.4 is 11.2 Å². The van der Waals surface area contributed by atoms with Crippen molar-refractivity contribution in [2.45, 2.75) is 32.8 Å². The summed E-state index contributed by atoms with van der Waals surface area (Å²) in [6, 6.07) is 7.20. The molecular weight excluding hydrogens is 288 g/mol. The van der Waals surface area contributed by atoms with E-state index in [1.54, 1.807) is 12.1 Å². The highest BCUT2D eigenvalue weighted by Crippen LogP contribution is 2.64. The molecule has 0 saturated heterocycles. The average Bonchev–Trinajstić information content (AvgIpc) is 2.98. The summed E-state index contributed by atoms with van der Waals surface area (Å²) < 4.78 is 0. The zero-order valence-corrected chi connectivity index (χ0v) is 13.1. The molecule has 0 bridgehead atoms. The Bertz CT molecular complexity index is 532. The van der Waals surface area contributed by atoms with Crippen molar-refractivity contribution in [1.82, 2.24) is 0 Å². The molecule has 2 aliphatic carbocycles. The molecule has 3 N–H and O–H groups in total. The Balaban J connectivity index is 1.63. The monoisotopic (exact) mass is 308 g/mol. The Morgan fingerprint density at radius 2 is 1.86 bits per heavy atom. The molecule has 114 valence electrons. The van der Waals surface area contributed by atoms with Crippen molar-refractivity contribution in [2.24, 2.45) is 29.1 Å². The molecule has 1 aromatic carbocycles. The van der Waals surface area contributed by atoms with E-state index in [9.17, 15) is 4.79 Å². The van der Waals surface area contributed by atoms with Crippen LogP contribution >= 0.6 is 11.6 Å². The predicted octanol–water partition coefficient (Wildman–Crippen LogP) is 3.22. The summed E-state index contributed by atoms with van der Waals surface area (Å²) in [4.78, 5) is 17.5. The number of carbonyl (C=O) groups excluding carboxylic acids is 1. The fourth-order valence-corrected chi connectivity index (χ4v) is 4.08. The van der Waals surface area contributed by atoms with Crippen LogP contribution in [0.1, 0.15) is 26.7 Å². The molecule has 0 aromatic heterocycles. The van der Waals surface area contributed by atoms with Gasteiger partial charge in [-0.3, -0.25) is 4.79 Å². The molecule has 2 fully saturated rings. The average molecular weight is 309 g/mol. The van der Waals surface area contributed by atoms with Gasteiger partial charge in [0.1, 0.15) is 0 Å². The lowest BCUT2D eigenvalue weighted by Gasteiger charge is -2.26. The molecule has 2 saturated carbocycles. The molecule has 4 atom stereocenters. The number of hydrogen-bond acceptors (Lipinski definition) is 3. The van der Waals surface area contributed by atoms with Crippen LogP contribution in [-0.2, 0) is 9.63 Å². The quantitative estimate of drug-likeness (QED) is 0.839. The molecule has 1 aromatic rings. The van der Waals surface area contributed by atoms with E-state index in [-0.39, 0.29) is 17.4 Å². The normalized spacial score (nSPS) is 30.9. The van der Waals surface area contributed by atoms with Gasteiger partial charge in [-0.05, 0) is 54.9 Å². The Labute approximate surface area is 129 Å². The van der Waals surface area contributed by atoms with E-state index in [1.165, 1.54) is 0 Å². The van der Waals surface area contributed by atoms with E-state index in [0.29, 0.717) is 22.8 Å². The van der Waals surface area contributed by atoms with Gasteiger partial charge in [0.15, 0.2) is 0 Å². The van der Waals surface area contributed by atoms with Crippen molar-refractivity contribution < 1.29 is 9.63 Å². The maximum absolute atomic E-state index is 12.6. The predicted molar refractivity (Wildman–Crippen MR) is 82.6 cm³/mol. The lowest BCUT2D eigenvalue weighted by Crippen LogP contribution is -2.35. The van der Waals surface area contributed by atoms with Crippen LogP contribution in [0.25, 0.3) is 0 Å². The molecule has 2 unspecified atom stereocenters. The maximum atomic E-state index is 12.6. The van der Waals surface area contributed by atoms with Crippen LogP contribution in [0.15, 0.2) is 24.3 Å². The minimum Gasteiger partial charge on any atom is -0.326 e. The van der Waals surface area contributed by atoms with Gasteiger partial charge >= 0.3 is 0 Å². The van der Waals surface area contributed by atoms with Gasteiger partial charge < -0.3 is 10.2 Å². The molecule has 0 spiro atoms. The first kappa shape index (κ1) is 14.8. The van der Waals surface area contributed by atoms with Gasteiger partial charge in [-0.1, -0.05) is 25.4 Å². The summed E-state index contributed by atoms with van der Waals surface area (Å²) in [5, 5.41) is 3.66. The van der Waals surface area contributed by atoms with E-state index in [0.717, 1.165) is 18.5 Å². The van der Waals surface area contributed by atoms with E-state index in [2.05, 4.69) is 5.32 Å². The minimum absolute atomic E-state index is 0.0643. The molecule has 3 rings (SSSR count). The van der Waals surface area contributed by atoms with E-state index < -0.39 is 0 Å². The number of amides is 1. The molecule has 4 nitrogen and oxygen atoms in total. The first-order valence-electron chi connectivity index (χ1n) is 7.36. The highest BCUT2D eigenvalue weighted by Gasteiger charge is 2.63. The number of hydrogen-bond donors (Lipinski definition) is 2. The van der Waals surface area contributed by atoms with Gasteiger partial charge in [0.05, 0.1) is 6.10 Å². The molecule has 0 radical (unpaired) electrons. The highest BCUT2D eigenvalue weighted by molar-refractivity contribution is 6.30. The first-order chi connectivity index (χ1) is 9.93. The maximum Gasteiger partial charge on any atom is 0.230 e. The summed E-state index contributed by atoms with van der Waals surface area (Å²) >= 11 is 5.86. The third-order valence-electron chi connectivity index (χ3n) is 5.11. The van der Waals surface area contributed by atoms with Crippen molar-refractivity contribution >= 4 is 23.2 Å². The smallest absolute Gasteiger partial charge is 0.230 e. The van der Waals surface area contributed by atoms with Crippen molar-refractivity contribution in [2.75, 3.05) is 5.32 Å². The zero-order valence-electron chi connectivity index (χ0n) is 12.3. The zero-order chi connectivity index (χ0) is 15.2. The van der Waals surface area contributed by atoms with E-state index in [1.807, 2.05) is 26.0 Å². The second-order valence-corrected chi connectivity index (χ2v) is 7.20. The number of rotatable bonds is 4. The summed E-state index contributed by atoms with van der Waals surface area (Å²) in [7, 11) is 0. The standard InChI is InChI=1S/C16H21ClN2O2/c1-16(2,14-12-7-11(21-18)8-13(12)14)15(20)19-10-5-3-9(17)4-6-10/h3-6,11-14H,7-8,18H2,1-2H3,(H,19,20)/t11?,12-,13+,14?. The number of halogens is 1. The number of nitrogens with two attached hydrogens (primary N) is 1. The van der Waals surface area contributed by atoms with Crippen LogP contribution in [0, 0.1) is 23.2 Å². The van der Waals surface area contributed by atoms with Gasteiger partial charge in [-0.15, -0.1) is 0 Å². The third-order valence-corrected chi connectivity index (χ3v) is 5.37. The highest BCUT2D eigenvalue weighted by atomic mass is 35.5. The number of fused-ring (bicyclic) bond motifs is 1. The van der Waals surface area contributed by atoms with Gasteiger partial charge in [0.25, 0.3) is 0 Å². The lowest BCUT2D eigenvalue weighted by molar-refractivity contribution is -0.125. The summed E-state index contributed by atoms with van der Waals surface area (Å²) in [5.74, 6) is 6.89.